The highest BCUT2D eigenvalue weighted by Gasteiger charge is 2.26. The Hall–Kier alpha value is -1.80. The van der Waals surface area contributed by atoms with E-state index in [0.717, 1.165) is 24.2 Å². The molecule has 0 aromatic heterocycles. The van der Waals surface area contributed by atoms with Crippen LogP contribution in [-0.4, -0.2) is 12.2 Å². The number of aliphatic hydroxyl groups excluding tert-OH is 1. The number of aliphatic hydroxyl groups is 1. The van der Waals surface area contributed by atoms with E-state index in [9.17, 15) is 5.11 Å². The quantitative estimate of drug-likeness (QED) is 0.886. The van der Waals surface area contributed by atoms with Crippen molar-refractivity contribution in [3.63, 3.8) is 0 Å². The molecule has 3 rings (SSSR count). The second-order valence-corrected chi connectivity index (χ2v) is 5.05. The standard InChI is InChI=1S/C17H18O2/c1-19-13-8-6-12(7-9-13)14-10-11-17(18)16-5-3-2-4-15(14)16/h2-9,14,17-18H,10-11H2,1H3. The first-order valence-electron chi connectivity index (χ1n) is 6.70. The normalized spacial score (nSPS) is 21.8. The molecule has 2 nitrogen and oxygen atoms in total. The Bertz CT molecular complexity index is 560. The summed E-state index contributed by atoms with van der Waals surface area (Å²) in [6, 6.07) is 16.5. The molecule has 1 aliphatic rings. The van der Waals surface area contributed by atoms with Crippen LogP contribution < -0.4 is 4.74 Å². The van der Waals surface area contributed by atoms with Crippen LogP contribution >= 0.6 is 0 Å². The fraction of sp³-hybridized carbons (Fsp3) is 0.294. The molecule has 1 N–H and O–H groups in total. The van der Waals surface area contributed by atoms with Gasteiger partial charge in [0.2, 0.25) is 0 Å². The summed E-state index contributed by atoms with van der Waals surface area (Å²) < 4.78 is 5.20. The summed E-state index contributed by atoms with van der Waals surface area (Å²) in [6.07, 6.45) is 1.50. The minimum Gasteiger partial charge on any atom is -0.497 e. The van der Waals surface area contributed by atoms with Crippen molar-refractivity contribution in [2.75, 3.05) is 7.11 Å². The maximum atomic E-state index is 10.1. The molecule has 0 amide bonds. The zero-order valence-electron chi connectivity index (χ0n) is 11.0. The highest BCUT2D eigenvalue weighted by molar-refractivity contribution is 5.42. The van der Waals surface area contributed by atoms with Gasteiger partial charge < -0.3 is 9.84 Å². The van der Waals surface area contributed by atoms with Gasteiger partial charge in [-0.15, -0.1) is 0 Å². The molecule has 0 heterocycles. The first kappa shape index (κ1) is 12.2. The molecule has 0 fully saturated rings. The topological polar surface area (TPSA) is 29.5 Å². The van der Waals surface area contributed by atoms with Gasteiger partial charge in [-0.25, -0.2) is 0 Å². The van der Waals surface area contributed by atoms with Crippen molar-refractivity contribution in [1.29, 1.82) is 0 Å². The summed E-state index contributed by atoms with van der Waals surface area (Å²) in [4.78, 5) is 0. The summed E-state index contributed by atoms with van der Waals surface area (Å²) in [7, 11) is 1.68. The average molecular weight is 254 g/mol. The molecular weight excluding hydrogens is 236 g/mol. The molecule has 98 valence electrons. The summed E-state index contributed by atoms with van der Waals surface area (Å²) in [6.45, 7) is 0. The minimum absolute atomic E-state index is 0.314. The van der Waals surface area contributed by atoms with Crippen molar-refractivity contribution in [2.45, 2.75) is 24.9 Å². The van der Waals surface area contributed by atoms with Crippen molar-refractivity contribution in [3.8, 4) is 5.75 Å². The fourth-order valence-corrected chi connectivity index (χ4v) is 2.95. The SMILES string of the molecule is COc1ccc(C2CCC(O)c3ccccc32)cc1. The monoisotopic (exact) mass is 254 g/mol. The summed E-state index contributed by atoms with van der Waals surface area (Å²) in [5.74, 6) is 1.26. The van der Waals surface area contributed by atoms with Crippen LogP contribution in [0.5, 0.6) is 5.75 Å². The van der Waals surface area contributed by atoms with Crippen LogP contribution in [0.4, 0.5) is 0 Å². The molecule has 2 heteroatoms. The largest absolute Gasteiger partial charge is 0.497 e. The number of fused-ring (bicyclic) bond motifs is 1. The predicted octanol–water partition coefficient (Wildman–Crippen LogP) is 3.65. The second kappa shape index (κ2) is 5.06. The van der Waals surface area contributed by atoms with Crippen molar-refractivity contribution in [1.82, 2.24) is 0 Å². The van der Waals surface area contributed by atoms with Gasteiger partial charge in [0, 0.05) is 5.92 Å². The Labute approximate surface area is 113 Å². The zero-order valence-corrected chi connectivity index (χ0v) is 11.0. The van der Waals surface area contributed by atoms with Gasteiger partial charge in [-0.3, -0.25) is 0 Å². The van der Waals surface area contributed by atoms with Crippen LogP contribution in [0.15, 0.2) is 48.5 Å². The smallest absolute Gasteiger partial charge is 0.118 e. The Morgan fingerprint density at radius 2 is 1.63 bits per heavy atom. The molecule has 0 saturated carbocycles. The maximum Gasteiger partial charge on any atom is 0.118 e. The number of hydrogen-bond donors (Lipinski definition) is 1. The molecule has 2 aromatic carbocycles. The van der Waals surface area contributed by atoms with E-state index in [0.29, 0.717) is 5.92 Å². The summed E-state index contributed by atoms with van der Waals surface area (Å²) in [5, 5.41) is 10.1. The van der Waals surface area contributed by atoms with Crippen molar-refractivity contribution >= 4 is 0 Å². The van der Waals surface area contributed by atoms with Gasteiger partial charge in [0.15, 0.2) is 0 Å². The van der Waals surface area contributed by atoms with Gasteiger partial charge in [-0.1, -0.05) is 36.4 Å². The maximum absolute atomic E-state index is 10.1. The van der Waals surface area contributed by atoms with E-state index >= 15 is 0 Å². The van der Waals surface area contributed by atoms with Crippen LogP contribution in [0.2, 0.25) is 0 Å². The zero-order chi connectivity index (χ0) is 13.2. The number of benzene rings is 2. The van der Waals surface area contributed by atoms with E-state index in [-0.39, 0.29) is 6.10 Å². The third-order valence-electron chi connectivity index (χ3n) is 3.98. The minimum atomic E-state index is -0.314. The molecule has 2 unspecified atom stereocenters. The van der Waals surface area contributed by atoms with E-state index in [1.165, 1.54) is 11.1 Å². The lowest BCUT2D eigenvalue weighted by Crippen LogP contribution is -2.15. The lowest BCUT2D eigenvalue weighted by Gasteiger charge is -2.29. The van der Waals surface area contributed by atoms with Crippen molar-refractivity contribution in [3.05, 3.63) is 65.2 Å². The van der Waals surface area contributed by atoms with Gasteiger partial charge in [-0.05, 0) is 41.7 Å². The highest BCUT2D eigenvalue weighted by atomic mass is 16.5. The number of ether oxygens (including phenoxy) is 1. The third kappa shape index (κ3) is 2.24. The second-order valence-electron chi connectivity index (χ2n) is 5.05. The molecule has 19 heavy (non-hydrogen) atoms. The van der Waals surface area contributed by atoms with Crippen molar-refractivity contribution in [2.24, 2.45) is 0 Å². The summed E-state index contributed by atoms with van der Waals surface area (Å²) in [5.41, 5.74) is 3.63. The van der Waals surface area contributed by atoms with Crippen LogP contribution in [0.25, 0.3) is 0 Å². The average Bonchev–Trinajstić information content (AvgIpc) is 2.48. The number of hydrogen-bond acceptors (Lipinski definition) is 2. The third-order valence-corrected chi connectivity index (χ3v) is 3.98. The fourth-order valence-electron chi connectivity index (χ4n) is 2.95. The highest BCUT2D eigenvalue weighted by Crippen LogP contribution is 2.41. The summed E-state index contributed by atoms with van der Waals surface area (Å²) >= 11 is 0. The molecule has 2 aromatic rings. The Balaban J connectivity index is 1.99. The van der Waals surface area contributed by atoms with Crippen LogP contribution in [0.3, 0.4) is 0 Å². The van der Waals surface area contributed by atoms with Gasteiger partial charge >= 0.3 is 0 Å². The molecule has 1 aliphatic carbocycles. The molecule has 0 spiro atoms. The van der Waals surface area contributed by atoms with Crippen LogP contribution in [-0.2, 0) is 0 Å². The number of rotatable bonds is 2. The molecule has 2 atom stereocenters. The Morgan fingerprint density at radius 1 is 0.947 bits per heavy atom. The first-order valence-corrected chi connectivity index (χ1v) is 6.70. The predicted molar refractivity (Wildman–Crippen MR) is 75.5 cm³/mol. The Morgan fingerprint density at radius 3 is 2.32 bits per heavy atom. The van der Waals surface area contributed by atoms with Gasteiger partial charge in [0.05, 0.1) is 13.2 Å². The lowest BCUT2D eigenvalue weighted by atomic mass is 9.78. The Kier molecular flexibility index (Phi) is 3.26. The van der Waals surface area contributed by atoms with Crippen LogP contribution in [0.1, 0.15) is 41.6 Å². The number of methoxy groups -OCH3 is 1. The van der Waals surface area contributed by atoms with E-state index in [1.807, 2.05) is 30.3 Å². The molecule has 0 aliphatic heterocycles. The van der Waals surface area contributed by atoms with Crippen molar-refractivity contribution < 1.29 is 9.84 Å². The van der Waals surface area contributed by atoms with E-state index in [1.54, 1.807) is 7.11 Å². The molecule has 0 radical (unpaired) electrons. The van der Waals surface area contributed by atoms with Gasteiger partial charge in [0.25, 0.3) is 0 Å². The van der Waals surface area contributed by atoms with E-state index in [2.05, 4.69) is 18.2 Å². The van der Waals surface area contributed by atoms with Gasteiger partial charge in [-0.2, -0.15) is 0 Å². The first-order chi connectivity index (χ1) is 9.29. The van der Waals surface area contributed by atoms with E-state index in [4.69, 9.17) is 4.74 Å². The van der Waals surface area contributed by atoms with E-state index < -0.39 is 0 Å². The van der Waals surface area contributed by atoms with Crippen LogP contribution in [0, 0.1) is 0 Å². The molecular formula is C17H18O2. The van der Waals surface area contributed by atoms with Gasteiger partial charge in [0.1, 0.15) is 5.75 Å². The molecule has 0 bridgehead atoms. The lowest BCUT2D eigenvalue weighted by molar-refractivity contribution is 0.153. The molecule has 0 saturated heterocycles.